The maximum Gasteiger partial charge on any atom is 0.408 e. The Morgan fingerprint density at radius 3 is 2.08 bits per heavy atom. The first kappa shape index (κ1) is 33.9. The van der Waals surface area contributed by atoms with E-state index in [9.17, 15) is 19.2 Å². The van der Waals surface area contributed by atoms with Gasteiger partial charge in [0.2, 0.25) is 11.8 Å². The molecule has 0 fully saturated rings. The zero-order chi connectivity index (χ0) is 29.8. The molecule has 1 rings (SSSR count). The van der Waals surface area contributed by atoms with Gasteiger partial charge in [0, 0.05) is 12.6 Å². The van der Waals surface area contributed by atoms with Gasteiger partial charge in [0.05, 0.1) is 13.0 Å². The highest BCUT2D eigenvalue weighted by Gasteiger charge is 2.38. The summed E-state index contributed by atoms with van der Waals surface area (Å²) in [6.45, 7) is 17.1. The molecule has 3 atom stereocenters. The van der Waals surface area contributed by atoms with E-state index in [1.165, 1.54) is 0 Å². The summed E-state index contributed by atoms with van der Waals surface area (Å²) < 4.78 is 10.4. The summed E-state index contributed by atoms with van der Waals surface area (Å²) in [6, 6.07) is 5.43. The van der Waals surface area contributed by atoms with Crippen LogP contribution in [0.1, 0.15) is 98.7 Å². The van der Waals surface area contributed by atoms with Crippen LogP contribution in [-0.2, 0) is 30.3 Å². The van der Waals surface area contributed by atoms with E-state index < -0.39 is 35.7 Å². The number of benzene rings is 1. The topological polar surface area (TPSA) is 114 Å². The second kappa shape index (κ2) is 16.1. The average Bonchev–Trinajstić information content (AvgIpc) is 2.84. The second-order valence-electron chi connectivity index (χ2n) is 11.2. The van der Waals surface area contributed by atoms with E-state index in [0.717, 1.165) is 12.0 Å². The van der Waals surface area contributed by atoms with Crippen LogP contribution in [0, 0.1) is 5.92 Å². The summed E-state index contributed by atoms with van der Waals surface area (Å²) in [6.07, 6.45) is 1.13. The van der Waals surface area contributed by atoms with Gasteiger partial charge in [-0.3, -0.25) is 14.4 Å². The maximum absolute atomic E-state index is 14.2. The maximum atomic E-state index is 14.2. The lowest BCUT2D eigenvalue weighted by molar-refractivity contribution is -0.146. The number of rotatable bonds is 14. The fourth-order valence-electron chi connectivity index (χ4n) is 4.11. The second-order valence-corrected chi connectivity index (χ2v) is 11.2. The number of carbonyl (C=O) groups excluding carboxylic acids is 4. The van der Waals surface area contributed by atoms with Crippen LogP contribution in [0.25, 0.3) is 0 Å². The van der Waals surface area contributed by atoms with Crippen LogP contribution in [0.4, 0.5) is 4.79 Å². The molecule has 0 saturated carbocycles. The van der Waals surface area contributed by atoms with E-state index in [0.29, 0.717) is 18.4 Å². The van der Waals surface area contributed by atoms with Crippen molar-refractivity contribution in [2.24, 2.45) is 5.92 Å². The van der Waals surface area contributed by atoms with Crippen molar-refractivity contribution in [3.05, 3.63) is 35.4 Å². The molecule has 0 aliphatic rings. The highest BCUT2D eigenvalue weighted by atomic mass is 16.6. The number of nitrogens with zero attached hydrogens (tertiary/aromatic N) is 1. The molecule has 39 heavy (non-hydrogen) atoms. The summed E-state index contributed by atoms with van der Waals surface area (Å²) in [4.78, 5) is 54.0. The van der Waals surface area contributed by atoms with Gasteiger partial charge in [0.25, 0.3) is 0 Å². The number of amides is 3. The minimum atomic E-state index is -0.962. The Kier molecular flexibility index (Phi) is 14.0. The molecule has 2 N–H and O–H groups in total. The number of hydrogen-bond donors (Lipinski definition) is 2. The quantitative estimate of drug-likeness (QED) is 0.320. The van der Waals surface area contributed by atoms with Crippen molar-refractivity contribution >= 4 is 23.9 Å². The number of esters is 1. The first-order valence-electron chi connectivity index (χ1n) is 14.1. The molecular formula is C30H49N3O6. The summed E-state index contributed by atoms with van der Waals surface area (Å²) in [5.41, 5.74) is 1.02. The van der Waals surface area contributed by atoms with E-state index in [1.54, 1.807) is 32.6 Å². The van der Waals surface area contributed by atoms with E-state index >= 15 is 0 Å². The molecule has 0 heterocycles. The molecule has 0 aliphatic heterocycles. The summed E-state index contributed by atoms with van der Waals surface area (Å²) >= 11 is 0. The molecule has 1 aromatic carbocycles. The van der Waals surface area contributed by atoms with Crippen LogP contribution in [0.5, 0.6) is 0 Å². The monoisotopic (exact) mass is 547 g/mol. The zero-order valence-electron chi connectivity index (χ0n) is 25.3. The Labute approximate surface area is 234 Å². The Morgan fingerprint density at radius 2 is 1.59 bits per heavy atom. The van der Waals surface area contributed by atoms with Crippen LogP contribution >= 0.6 is 0 Å². The number of alkyl carbamates (subject to hydrolysis) is 1. The van der Waals surface area contributed by atoms with Crippen molar-refractivity contribution in [2.45, 2.75) is 112 Å². The Morgan fingerprint density at radius 1 is 0.974 bits per heavy atom. The molecule has 0 aromatic heterocycles. The van der Waals surface area contributed by atoms with Crippen molar-refractivity contribution in [1.29, 1.82) is 0 Å². The molecule has 0 bridgehead atoms. The average molecular weight is 548 g/mol. The predicted molar refractivity (Wildman–Crippen MR) is 152 cm³/mol. The van der Waals surface area contributed by atoms with Crippen molar-refractivity contribution in [3.8, 4) is 0 Å². The fourth-order valence-corrected chi connectivity index (χ4v) is 4.11. The number of nitrogens with one attached hydrogen (secondary N) is 2. The SMILES string of the molecule is CCOC(=O)CCNC(=O)C(c1ccc(CC)cc1)N(C(=O)C(CC(C)C)NC(=O)OC(C)(C)C)C(C)CC. The molecule has 9 heteroatoms. The van der Waals surface area contributed by atoms with E-state index in [4.69, 9.17) is 9.47 Å². The van der Waals surface area contributed by atoms with Gasteiger partial charge in [0.15, 0.2) is 0 Å². The fraction of sp³-hybridized carbons (Fsp3) is 0.667. The third kappa shape index (κ3) is 11.7. The van der Waals surface area contributed by atoms with Crippen molar-refractivity contribution in [3.63, 3.8) is 0 Å². The summed E-state index contributed by atoms with van der Waals surface area (Å²) in [7, 11) is 0. The van der Waals surface area contributed by atoms with Crippen LogP contribution in [0.3, 0.4) is 0 Å². The van der Waals surface area contributed by atoms with Crippen LogP contribution in [0.2, 0.25) is 0 Å². The molecule has 9 nitrogen and oxygen atoms in total. The van der Waals surface area contributed by atoms with Gasteiger partial charge < -0.3 is 25.0 Å². The van der Waals surface area contributed by atoms with E-state index in [2.05, 4.69) is 10.6 Å². The number of aryl methyl sites for hydroxylation is 1. The predicted octanol–water partition coefficient (Wildman–Crippen LogP) is 4.93. The Hall–Kier alpha value is -3.10. The highest BCUT2D eigenvalue weighted by molar-refractivity contribution is 5.92. The molecule has 3 unspecified atom stereocenters. The lowest BCUT2D eigenvalue weighted by Crippen LogP contribution is -2.55. The number of ether oxygens (including phenoxy) is 2. The molecule has 0 saturated heterocycles. The van der Waals surface area contributed by atoms with Gasteiger partial charge >= 0.3 is 12.1 Å². The van der Waals surface area contributed by atoms with Crippen molar-refractivity contribution in [1.82, 2.24) is 15.5 Å². The standard InChI is InChI=1S/C30H49N3O6/c1-10-21(6)33(28(36)24(19-20(4)5)32-29(37)39-30(7,8)9)26(23-15-13-22(11-2)14-16-23)27(35)31-18-17-25(34)38-12-3/h13-16,20-21,24,26H,10-12,17-19H2,1-9H3,(H,31,35)(H,32,37). The van der Waals surface area contributed by atoms with Gasteiger partial charge in [-0.25, -0.2) is 4.79 Å². The summed E-state index contributed by atoms with van der Waals surface area (Å²) in [5.74, 6) is -1.09. The molecule has 0 spiro atoms. The number of carbonyl (C=O) groups is 4. The van der Waals surface area contributed by atoms with Crippen LogP contribution < -0.4 is 10.6 Å². The molecule has 3 amide bonds. The van der Waals surface area contributed by atoms with Gasteiger partial charge in [-0.15, -0.1) is 0 Å². The highest BCUT2D eigenvalue weighted by Crippen LogP contribution is 2.27. The molecular weight excluding hydrogens is 498 g/mol. The molecule has 0 radical (unpaired) electrons. The third-order valence-electron chi connectivity index (χ3n) is 6.18. The first-order valence-corrected chi connectivity index (χ1v) is 14.1. The minimum Gasteiger partial charge on any atom is -0.466 e. The van der Waals surface area contributed by atoms with Crippen molar-refractivity contribution < 1.29 is 28.7 Å². The molecule has 220 valence electrons. The Bertz CT molecular complexity index is 939. The molecule has 1 aromatic rings. The van der Waals surface area contributed by atoms with E-state index in [-0.39, 0.29) is 37.4 Å². The lowest BCUT2D eigenvalue weighted by Gasteiger charge is -2.38. The van der Waals surface area contributed by atoms with Gasteiger partial charge in [-0.1, -0.05) is 52.0 Å². The minimum absolute atomic E-state index is 0.0223. The van der Waals surface area contributed by atoms with Crippen molar-refractivity contribution in [2.75, 3.05) is 13.2 Å². The third-order valence-corrected chi connectivity index (χ3v) is 6.18. The Balaban J connectivity index is 3.46. The first-order chi connectivity index (χ1) is 18.2. The molecule has 0 aliphatic carbocycles. The van der Waals surface area contributed by atoms with Gasteiger partial charge in [-0.2, -0.15) is 0 Å². The van der Waals surface area contributed by atoms with E-state index in [1.807, 2.05) is 58.9 Å². The normalized spacial score (nSPS) is 13.7. The van der Waals surface area contributed by atoms with Gasteiger partial charge in [0.1, 0.15) is 17.7 Å². The smallest absolute Gasteiger partial charge is 0.408 e. The lowest BCUT2D eigenvalue weighted by atomic mass is 9.96. The largest absolute Gasteiger partial charge is 0.466 e. The number of hydrogen-bond acceptors (Lipinski definition) is 6. The van der Waals surface area contributed by atoms with Gasteiger partial charge in [-0.05, 0) is 70.9 Å². The van der Waals surface area contributed by atoms with Crippen LogP contribution in [-0.4, -0.2) is 59.6 Å². The summed E-state index contributed by atoms with van der Waals surface area (Å²) in [5, 5.41) is 5.57. The van der Waals surface area contributed by atoms with Crippen LogP contribution in [0.15, 0.2) is 24.3 Å². The zero-order valence-corrected chi connectivity index (χ0v) is 25.3.